The number of rotatable bonds is 6. The fraction of sp³-hybridized carbons (Fsp3) is 0.0400. The molecule has 7 nitrogen and oxygen atoms in total. The summed E-state index contributed by atoms with van der Waals surface area (Å²) in [6.45, 7) is 0.0174. The van der Waals surface area contributed by atoms with Gasteiger partial charge in [0, 0.05) is 28.4 Å². The number of nitrogens with zero attached hydrogens (tertiary/aromatic N) is 2. The summed E-state index contributed by atoms with van der Waals surface area (Å²) < 4.78 is 15.1. The molecule has 2 aromatic heterocycles. The van der Waals surface area contributed by atoms with Crippen LogP contribution in [0.2, 0.25) is 0 Å². The van der Waals surface area contributed by atoms with Gasteiger partial charge in [-0.15, -0.1) is 11.3 Å². The Morgan fingerprint density at radius 2 is 1.83 bits per heavy atom. The number of halogens is 1. The molecule has 0 radical (unpaired) electrons. The van der Waals surface area contributed by atoms with E-state index in [1.165, 1.54) is 35.6 Å². The van der Waals surface area contributed by atoms with Gasteiger partial charge in [0.2, 0.25) is 5.91 Å². The van der Waals surface area contributed by atoms with Gasteiger partial charge in [-0.25, -0.2) is 4.39 Å². The molecule has 1 aliphatic rings. The minimum Gasteiger partial charge on any atom is -0.337 e. The van der Waals surface area contributed by atoms with Crippen LogP contribution in [-0.2, 0) is 16.1 Å². The van der Waals surface area contributed by atoms with Crippen molar-refractivity contribution < 1.29 is 18.8 Å². The van der Waals surface area contributed by atoms with Gasteiger partial charge in [0.15, 0.2) is 4.32 Å². The van der Waals surface area contributed by atoms with Gasteiger partial charge in [-0.3, -0.25) is 19.8 Å². The van der Waals surface area contributed by atoms with Crippen LogP contribution in [0.1, 0.15) is 15.2 Å². The van der Waals surface area contributed by atoms with Gasteiger partial charge in [-0.05, 0) is 60.1 Å². The molecule has 0 saturated carbocycles. The number of thiocarbonyl (C=S) groups is 1. The zero-order valence-corrected chi connectivity index (χ0v) is 20.9. The molecule has 0 atom stereocenters. The Balaban J connectivity index is 1.37. The number of carbonyl (C=O) groups excluding carboxylic acids is 3. The lowest BCUT2D eigenvalue weighted by Gasteiger charge is -2.14. The molecule has 1 saturated heterocycles. The van der Waals surface area contributed by atoms with Crippen molar-refractivity contribution in [1.82, 2.24) is 15.0 Å². The summed E-state index contributed by atoms with van der Waals surface area (Å²) in [7, 11) is 0. The first-order chi connectivity index (χ1) is 17.4. The van der Waals surface area contributed by atoms with Gasteiger partial charge < -0.3 is 9.88 Å². The molecule has 3 amide bonds. The van der Waals surface area contributed by atoms with Crippen LogP contribution in [0.15, 0.2) is 77.1 Å². The summed E-state index contributed by atoms with van der Waals surface area (Å²) in [5.74, 6) is -1.51. The molecule has 1 fully saturated rings. The molecule has 2 N–H and O–H groups in total. The molecule has 3 heterocycles. The Bertz CT molecular complexity index is 1530. The zero-order chi connectivity index (χ0) is 25.2. The highest BCUT2D eigenvalue weighted by atomic mass is 32.2. The summed E-state index contributed by atoms with van der Waals surface area (Å²) in [5.41, 5.74) is 4.59. The van der Waals surface area contributed by atoms with Crippen LogP contribution in [0.3, 0.4) is 0 Å². The molecule has 11 heteroatoms. The lowest BCUT2D eigenvalue weighted by atomic mass is 10.1. The van der Waals surface area contributed by atoms with E-state index < -0.39 is 11.8 Å². The first-order valence-corrected chi connectivity index (χ1v) is 12.8. The summed E-state index contributed by atoms with van der Waals surface area (Å²) in [4.78, 5) is 38.9. The van der Waals surface area contributed by atoms with E-state index in [0.717, 1.165) is 33.2 Å². The van der Waals surface area contributed by atoms with Gasteiger partial charge in [-0.1, -0.05) is 36.0 Å². The number of amides is 3. The number of thioether (sulfide) groups is 1. The number of hydrogen-bond acceptors (Lipinski definition) is 6. The SMILES string of the molecule is O=C(Cn1cc(/C=C2\SC(=S)N(NC(=O)c3cccs3)C2=O)c2ccccc21)Nc1ccc(F)cc1. The van der Waals surface area contributed by atoms with Crippen molar-refractivity contribution in [1.29, 1.82) is 0 Å². The number of benzene rings is 2. The molecule has 0 aliphatic carbocycles. The molecule has 0 bridgehead atoms. The monoisotopic (exact) mass is 536 g/mol. The number of hydrazine groups is 1. The maximum absolute atomic E-state index is 13.1. The Kier molecular flexibility index (Phi) is 6.68. The van der Waals surface area contributed by atoms with E-state index in [-0.39, 0.29) is 22.6 Å². The molecular formula is C25H17FN4O3S3. The van der Waals surface area contributed by atoms with Crippen LogP contribution in [0.25, 0.3) is 17.0 Å². The number of thiophene rings is 1. The Morgan fingerprint density at radius 1 is 1.06 bits per heavy atom. The molecule has 4 aromatic rings. The van der Waals surface area contributed by atoms with E-state index in [2.05, 4.69) is 10.7 Å². The van der Waals surface area contributed by atoms with Crippen molar-refractivity contribution in [3.05, 3.63) is 93.4 Å². The second-order valence-electron chi connectivity index (χ2n) is 7.72. The number of para-hydroxylation sites is 1. The summed E-state index contributed by atoms with van der Waals surface area (Å²) >= 11 is 7.67. The molecule has 180 valence electrons. The Labute approximate surface area is 218 Å². The number of carbonyl (C=O) groups is 3. The van der Waals surface area contributed by atoms with Crippen LogP contribution in [0, 0.1) is 5.82 Å². The van der Waals surface area contributed by atoms with Crippen LogP contribution in [0.5, 0.6) is 0 Å². The second kappa shape index (κ2) is 10.1. The largest absolute Gasteiger partial charge is 0.337 e. The topological polar surface area (TPSA) is 83.4 Å². The normalized spacial score (nSPS) is 14.6. The third-order valence-corrected chi connectivity index (χ3v) is 7.47. The van der Waals surface area contributed by atoms with E-state index in [1.807, 2.05) is 24.3 Å². The van der Waals surface area contributed by atoms with Gasteiger partial charge >= 0.3 is 0 Å². The van der Waals surface area contributed by atoms with E-state index in [0.29, 0.717) is 15.5 Å². The van der Waals surface area contributed by atoms with Crippen molar-refractivity contribution in [2.24, 2.45) is 0 Å². The lowest BCUT2D eigenvalue weighted by Crippen LogP contribution is -2.44. The summed E-state index contributed by atoms with van der Waals surface area (Å²) in [5, 5.41) is 6.44. The summed E-state index contributed by atoms with van der Waals surface area (Å²) in [6.07, 6.45) is 3.49. The van der Waals surface area contributed by atoms with Gasteiger partial charge in [0.25, 0.3) is 11.8 Å². The third-order valence-electron chi connectivity index (χ3n) is 5.30. The third kappa shape index (κ3) is 4.94. The molecule has 36 heavy (non-hydrogen) atoms. The predicted molar refractivity (Wildman–Crippen MR) is 144 cm³/mol. The maximum atomic E-state index is 13.1. The minimum absolute atomic E-state index is 0.0174. The number of anilines is 1. The fourth-order valence-electron chi connectivity index (χ4n) is 3.68. The zero-order valence-electron chi connectivity index (χ0n) is 18.4. The number of nitrogens with one attached hydrogen (secondary N) is 2. The predicted octanol–water partition coefficient (Wildman–Crippen LogP) is 5.03. The molecule has 5 rings (SSSR count). The maximum Gasteiger partial charge on any atom is 0.285 e. The second-order valence-corrected chi connectivity index (χ2v) is 10.3. The number of aromatic nitrogens is 1. The van der Waals surface area contributed by atoms with Gasteiger partial charge in [0.05, 0.1) is 9.78 Å². The average Bonchev–Trinajstić information content (AvgIpc) is 3.58. The van der Waals surface area contributed by atoms with E-state index in [4.69, 9.17) is 12.2 Å². The highest BCUT2D eigenvalue weighted by molar-refractivity contribution is 8.26. The highest BCUT2D eigenvalue weighted by Gasteiger charge is 2.34. The van der Waals surface area contributed by atoms with Crippen LogP contribution in [-0.4, -0.2) is 31.6 Å². The van der Waals surface area contributed by atoms with E-state index >= 15 is 0 Å². The van der Waals surface area contributed by atoms with Crippen molar-refractivity contribution in [3.8, 4) is 0 Å². The summed E-state index contributed by atoms with van der Waals surface area (Å²) in [6, 6.07) is 16.5. The first-order valence-electron chi connectivity index (χ1n) is 10.6. The number of fused-ring (bicyclic) bond motifs is 1. The molecule has 0 spiro atoms. The smallest absolute Gasteiger partial charge is 0.285 e. The van der Waals surface area contributed by atoms with E-state index in [9.17, 15) is 18.8 Å². The van der Waals surface area contributed by atoms with Crippen LogP contribution in [0.4, 0.5) is 10.1 Å². The average molecular weight is 537 g/mol. The molecule has 2 aromatic carbocycles. The van der Waals surface area contributed by atoms with Crippen LogP contribution >= 0.6 is 35.3 Å². The van der Waals surface area contributed by atoms with Crippen molar-refractivity contribution >= 4 is 80.0 Å². The molecule has 0 unspecified atom stereocenters. The van der Waals surface area contributed by atoms with E-state index in [1.54, 1.807) is 34.4 Å². The fourth-order valence-corrected chi connectivity index (χ4v) is 5.46. The molecule has 1 aliphatic heterocycles. The minimum atomic E-state index is -0.430. The molecular weight excluding hydrogens is 519 g/mol. The van der Waals surface area contributed by atoms with Gasteiger partial charge in [-0.2, -0.15) is 5.01 Å². The van der Waals surface area contributed by atoms with Gasteiger partial charge in [0.1, 0.15) is 12.4 Å². The van der Waals surface area contributed by atoms with Crippen molar-refractivity contribution in [2.45, 2.75) is 6.54 Å². The standard InChI is InChI=1S/C25H17FN4O3S3/c26-16-7-9-17(10-8-16)27-22(31)14-29-13-15(18-4-1-2-5-19(18)29)12-21-24(33)30(25(34)36-21)28-23(32)20-6-3-11-35-20/h1-13H,14H2,(H,27,31)(H,28,32)/b21-12-. The first kappa shape index (κ1) is 23.9. The Morgan fingerprint density at radius 3 is 2.58 bits per heavy atom. The lowest BCUT2D eigenvalue weighted by molar-refractivity contribution is -0.123. The van der Waals surface area contributed by atoms with Crippen molar-refractivity contribution in [2.75, 3.05) is 5.32 Å². The quantitative estimate of drug-likeness (QED) is 0.267. The highest BCUT2D eigenvalue weighted by Crippen LogP contribution is 2.33. The number of hydrogen-bond donors (Lipinski definition) is 2. The Hall–Kier alpha value is -3.80. The van der Waals surface area contributed by atoms with Crippen molar-refractivity contribution in [3.63, 3.8) is 0 Å². The van der Waals surface area contributed by atoms with Crippen LogP contribution < -0.4 is 10.7 Å².